The summed E-state index contributed by atoms with van der Waals surface area (Å²) in [7, 11) is 0. The summed E-state index contributed by atoms with van der Waals surface area (Å²) < 4.78 is 18.0. The molecule has 1 atom stereocenters. The van der Waals surface area contributed by atoms with Crippen molar-refractivity contribution < 1.29 is 23.8 Å². The first kappa shape index (κ1) is 14.3. The number of hydrogen-bond acceptors (Lipinski definition) is 3. The van der Waals surface area contributed by atoms with E-state index >= 15 is 0 Å². The van der Waals surface area contributed by atoms with Crippen LogP contribution in [0.15, 0.2) is 24.3 Å². The summed E-state index contributed by atoms with van der Waals surface area (Å²) >= 11 is 0. The van der Waals surface area contributed by atoms with Crippen molar-refractivity contribution in [1.82, 2.24) is 4.90 Å². The van der Waals surface area contributed by atoms with E-state index in [1.807, 2.05) is 0 Å². The molecule has 1 heterocycles. The smallest absolute Gasteiger partial charge is 0.308 e. The molecule has 5 nitrogen and oxygen atoms in total. The van der Waals surface area contributed by atoms with Crippen LogP contribution in [0.25, 0.3) is 0 Å². The Balaban J connectivity index is 1.73. The molecule has 1 aliphatic heterocycles. The van der Waals surface area contributed by atoms with E-state index in [0.29, 0.717) is 18.7 Å². The maximum Gasteiger partial charge on any atom is 0.308 e. The number of rotatable bonds is 5. The minimum atomic E-state index is -0.858. The minimum absolute atomic E-state index is 0.115. The number of nitrogens with zero attached hydrogens (tertiary/aromatic N) is 1. The first-order valence-electron chi connectivity index (χ1n) is 6.45. The third kappa shape index (κ3) is 3.69. The van der Waals surface area contributed by atoms with Gasteiger partial charge in [-0.05, 0) is 30.7 Å². The quantitative estimate of drug-likeness (QED) is 0.888. The van der Waals surface area contributed by atoms with Gasteiger partial charge in [0.05, 0.1) is 18.9 Å². The number of likely N-dealkylation sites (tertiary alicyclic amines) is 1. The molecule has 108 valence electrons. The van der Waals surface area contributed by atoms with Gasteiger partial charge in [0.15, 0.2) is 0 Å². The van der Waals surface area contributed by atoms with Crippen LogP contribution in [0.4, 0.5) is 4.39 Å². The number of ether oxygens (including phenoxy) is 1. The van der Waals surface area contributed by atoms with E-state index in [4.69, 9.17) is 9.84 Å². The summed E-state index contributed by atoms with van der Waals surface area (Å²) in [6.45, 7) is 0.940. The zero-order valence-electron chi connectivity index (χ0n) is 10.9. The average Bonchev–Trinajstić information content (AvgIpc) is 2.91. The number of carbonyl (C=O) groups is 2. The molecule has 1 amide bonds. The Kier molecular flexibility index (Phi) is 4.55. The van der Waals surface area contributed by atoms with Crippen molar-refractivity contribution in [3.63, 3.8) is 0 Å². The summed E-state index contributed by atoms with van der Waals surface area (Å²) in [4.78, 5) is 24.2. The fourth-order valence-electron chi connectivity index (χ4n) is 2.13. The minimum Gasteiger partial charge on any atom is -0.493 e. The summed E-state index contributed by atoms with van der Waals surface area (Å²) in [5.74, 6) is -1.27. The molecule has 0 radical (unpaired) electrons. The molecule has 1 fully saturated rings. The molecule has 0 saturated carbocycles. The lowest BCUT2D eigenvalue weighted by Crippen LogP contribution is -2.30. The first-order chi connectivity index (χ1) is 9.56. The Morgan fingerprint density at radius 1 is 1.35 bits per heavy atom. The molecule has 20 heavy (non-hydrogen) atoms. The summed E-state index contributed by atoms with van der Waals surface area (Å²) in [6, 6.07) is 5.57. The van der Waals surface area contributed by atoms with Gasteiger partial charge in [-0.3, -0.25) is 9.59 Å². The fourth-order valence-corrected chi connectivity index (χ4v) is 2.13. The molecular weight excluding hydrogens is 265 g/mol. The Morgan fingerprint density at radius 3 is 2.65 bits per heavy atom. The van der Waals surface area contributed by atoms with Gasteiger partial charge in [0.2, 0.25) is 5.91 Å². The highest BCUT2D eigenvalue weighted by atomic mass is 19.1. The fraction of sp³-hybridized carbons (Fsp3) is 0.429. The van der Waals surface area contributed by atoms with Crippen LogP contribution in [0.5, 0.6) is 5.75 Å². The van der Waals surface area contributed by atoms with E-state index in [1.54, 1.807) is 4.90 Å². The molecule has 1 aliphatic rings. The van der Waals surface area contributed by atoms with Gasteiger partial charge in [-0.1, -0.05) is 0 Å². The number of aliphatic carboxylic acids is 1. The number of carboxylic acid groups (broad SMARTS) is 1. The van der Waals surface area contributed by atoms with Crippen molar-refractivity contribution in [2.75, 3.05) is 19.7 Å². The molecule has 0 bridgehead atoms. The largest absolute Gasteiger partial charge is 0.493 e. The summed E-state index contributed by atoms with van der Waals surface area (Å²) in [5, 5.41) is 8.87. The first-order valence-corrected chi connectivity index (χ1v) is 6.45. The lowest BCUT2D eigenvalue weighted by atomic mass is 10.1. The van der Waals surface area contributed by atoms with E-state index in [1.165, 1.54) is 24.3 Å². The van der Waals surface area contributed by atoms with Crippen molar-refractivity contribution in [2.24, 2.45) is 5.92 Å². The average molecular weight is 281 g/mol. The molecule has 1 aromatic rings. The van der Waals surface area contributed by atoms with Gasteiger partial charge < -0.3 is 14.7 Å². The summed E-state index contributed by atoms with van der Waals surface area (Å²) in [5.41, 5.74) is 0. The topological polar surface area (TPSA) is 66.8 Å². The second-order valence-corrected chi connectivity index (χ2v) is 4.72. The second-order valence-electron chi connectivity index (χ2n) is 4.72. The molecule has 2 rings (SSSR count). The lowest BCUT2D eigenvalue weighted by molar-refractivity contribution is -0.141. The predicted molar refractivity (Wildman–Crippen MR) is 68.8 cm³/mol. The van der Waals surface area contributed by atoms with Crippen molar-refractivity contribution >= 4 is 11.9 Å². The van der Waals surface area contributed by atoms with E-state index in [9.17, 15) is 14.0 Å². The van der Waals surface area contributed by atoms with Crippen LogP contribution in [0.2, 0.25) is 0 Å². The van der Waals surface area contributed by atoms with Crippen molar-refractivity contribution in [3.8, 4) is 5.75 Å². The highest BCUT2D eigenvalue weighted by molar-refractivity contribution is 5.78. The van der Waals surface area contributed by atoms with Gasteiger partial charge >= 0.3 is 5.97 Å². The Hall–Kier alpha value is -2.11. The Bertz CT molecular complexity index is 488. The van der Waals surface area contributed by atoms with Crippen LogP contribution in [0.1, 0.15) is 12.8 Å². The number of carboxylic acids is 1. The number of halogens is 1. The molecular formula is C14H16FNO4. The standard InChI is InChI=1S/C14H16FNO4/c15-11-1-3-12(4-2-11)20-8-6-13(17)16-7-5-10(9-16)14(18)19/h1-4,10H,5-9H2,(H,18,19)/t10-/m0/s1. The van der Waals surface area contributed by atoms with Crippen molar-refractivity contribution in [2.45, 2.75) is 12.8 Å². The Labute approximate surface area is 116 Å². The zero-order valence-corrected chi connectivity index (χ0v) is 10.9. The Morgan fingerprint density at radius 2 is 2.05 bits per heavy atom. The highest BCUT2D eigenvalue weighted by Crippen LogP contribution is 2.17. The van der Waals surface area contributed by atoms with Gasteiger partial charge in [0, 0.05) is 13.1 Å². The monoisotopic (exact) mass is 281 g/mol. The van der Waals surface area contributed by atoms with Crippen molar-refractivity contribution in [3.05, 3.63) is 30.1 Å². The third-order valence-electron chi connectivity index (χ3n) is 3.29. The molecule has 1 N–H and O–H groups in total. The van der Waals surface area contributed by atoms with Gasteiger partial charge in [-0.25, -0.2) is 4.39 Å². The third-order valence-corrected chi connectivity index (χ3v) is 3.29. The van der Waals surface area contributed by atoms with Crippen LogP contribution in [-0.4, -0.2) is 41.6 Å². The van der Waals surface area contributed by atoms with E-state index in [2.05, 4.69) is 0 Å². The normalized spacial score (nSPS) is 18.1. The summed E-state index contributed by atoms with van der Waals surface area (Å²) in [6.07, 6.45) is 0.684. The van der Waals surface area contributed by atoms with E-state index in [0.717, 1.165) is 0 Å². The van der Waals surface area contributed by atoms with E-state index in [-0.39, 0.29) is 31.3 Å². The molecule has 1 aromatic carbocycles. The van der Waals surface area contributed by atoms with Crippen molar-refractivity contribution in [1.29, 1.82) is 0 Å². The highest BCUT2D eigenvalue weighted by Gasteiger charge is 2.30. The van der Waals surface area contributed by atoms with Gasteiger partial charge in [-0.2, -0.15) is 0 Å². The maximum atomic E-state index is 12.7. The molecule has 0 unspecified atom stereocenters. The number of carbonyl (C=O) groups excluding carboxylic acids is 1. The number of amides is 1. The molecule has 0 aliphatic carbocycles. The van der Waals surface area contributed by atoms with Crippen LogP contribution in [-0.2, 0) is 9.59 Å². The zero-order chi connectivity index (χ0) is 14.5. The van der Waals surface area contributed by atoms with Gasteiger partial charge in [0.25, 0.3) is 0 Å². The van der Waals surface area contributed by atoms with E-state index < -0.39 is 11.9 Å². The van der Waals surface area contributed by atoms with Gasteiger partial charge in [0.1, 0.15) is 11.6 Å². The van der Waals surface area contributed by atoms with Gasteiger partial charge in [-0.15, -0.1) is 0 Å². The van der Waals surface area contributed by atoms with Crippen LogP contribution < -0.4 is 4.74 Å². The predicted octanol–water partition coefficient (Wildman–Crippen LogP) is 1.53. The molecule has 6 heteroatoms. The van der Waals surface area contributed by atoms with Crippen LogP contribution >= 0.6 is 0 Å². The lowest BCUT2D eigenvalue weighted by Gasteiger charge is -2.15. The van der Waals surface area contributed by atoms with Crippen LogP contribution in [0, 0.1) is 11.7 Å². The SMILES string of the molecule is O=C(O)[C@H]1CCN(C(=O)CCOc2ccc(F)cc2)C1. The number of hydrogen-bond donors (Lipinski definition) is 1. The molecule has 0 spiro atoms. The number of benzene rings is 1. The van der Waals surface area contributed by atoms with Crippen LogP contribution in [0.3, 0.4) is 0 Å². The maximum absolute atomic E-state index is 12.7. The molecule has 1 saturated heterocycles. The second kappa shape index (κ2) is 6.36. The molecule has 0 aromatic heterocycles.